The number of nitrogens with zero attached hydrogens (tertiary/aromatic N) is 1. The van der Waals surface area contributed by atoms with Crippen LogP contribution in [-0.2, 0) is 5.75 Å². The van der Waals surface area contributed by atoms with Gasteiger partial charge in [0.05, 0.1) is 0 Å². The summed E-state index contributed by atoms with van der Waals surface area (Å²) in [4.78, 5) is 3.96. The van der Waals surface area contributed by atoms with Gasteiger partial charge in [0.1, 0.15) is 0 Å². The molecule has 0 unspecified atom stereocenters. The average molecular weight is 167 g/mol. The fraction of sp³-hybridized carbons (Fsp3) is 0.444. The molecule has 0 saturated heterocycles. The van der Waals surface area contributed by atoms with E-state index in [0.29, 0.717) is 0 Å². The molecule has 0 amide bonds. The van der Waals surface area contributed by atoms with Crippen molar-refractivity contribution < 1.29 is 0 Å². The van der Waals surface area contributed by atoms with Crippen LogP contribution in [0.5, 0.6) is 0 Å². The molecule has 1 rings (SSSR count). The third kappa shape index (κ3) is 3.42. The summed E-state index contributed by atoms with van der Waals surface area (Å²) in [5.74, 6) is 2.37. The van der Waals surface area contributed by atoms with Crippen LogP contribution < -0.4 is 0 Å². The maximum absolute atomic E-state index is 3.96. The summed E-state index contributed by atoms with van der Waals surface area (Å²) < 4.78 is 0. The molecular formula is C9H13NS. The minimum Gasteiger partial charge on any atom is -0.265 e. The molecule has 1 aromatic rings. The lowest BCUT2D eigenvalue weighted by Crippen LogP contribution is -1.81. The zero-order valence-electron chi connectivity index (χ0n) is 6.79. The molecule has 0 N–H and O–H groups in total. The first-order valence-corrected chi connectivity index (χ1v) is 5.05. The molecular weight excluding hydrogens is 154 g/mol. The molecule has 11 heavy (non-hydrogen) atoms. The van der Waals surface area contributed by atoms with Gasteiger partial charge in [0.15, 0.2) is 0 Å². The van der Waals surface area contributed by atoms with Crippen LogP contribution in [0.3, 0.4) is 0 Å². The molecule has 1 heterocycles. The lowest BCUT2D eigenvalue weighted by atomic mass is 10.3. The van der Waals surface area contributed by atoms with E-state index in [2.05, 4.69) is 24.0 Å². The van der Waals surface area contributed by atoms with Crippen LogP contribution in [0.4, 0.5) is 0 Å². The van der Waals surface area contributed by atoms with E-state index in [1.165, 1.54) is 17.7 Å². The second kappa shape index (κ2) is 5.19. The molecule has 0 bridgehead atoms. The van der Waals surface area contributed by atoms with Crippen LogP contribution in [0.1, 0.15) is 18.9 Å². The molecule has 0 fully saturated rings. The molecule has 0 radical (unpaired) electrons. The number of rotatable bonds is 4. The number of hydrogen-bond acceptors (Lipinski definition) is 2. The first-order valence-electron chi connectivity index (χ1n) is 3.90. The number of aromatic nitrogens is 1. The van der Waals surface area contributed by atoms with Crippen LogP contribution in [0, 0.1) is 0 Å². The second-order valence-electron chi connectivity index (χ2n) is 2.41. The van der Waals surface area contributed by atoms with E-state index in [1.807, 2.05) is 24.2 Å². The minimum absolute atomic E-state index is 1.12. The molecule has 60 valence electrons. The number of pyridine rings is 1. The Hall–Kier alpha value is -0.500. The minimum atomic E-state index is 1.12. The Kier molecular flexibility index (Phi) is 4.06. The fourth-order valence-electron chi connectivity index (χ4n) is 0.813. The van der Waals surface area contributed by atoms with Gasteiger partial charge in [-0.3, -0.25) is 4.98 Å². The Morgan fingerprint density at radius 2 is 2.09 bits per heavy atom. The standard InChI is InChI=1S/C9H13NS/c1-2-7-11-8-9-3-5-10-6-4-9/h3-6H,2,7-8H2,1H3. The van der Waals surface area contributed by atoms with Crippen molar-refractivity contribution in [3.05, 3.63) is 30.1 Å². The van der Waals surface area contributed by atoms with Crippen molar-refractivity contribution in [3.63, 3.8) is 0 Å². The van der Waals surface area contributed by atoms with Crippen molar-refractivity contribution in [2.24, 2.45) is 0 Å². The maximum Gasteiger partial charge on any atom is 0.0270 e. The zero-order chi connectivity index (χ0) is 7.94. The Morgan fingerprint density at radius 3 is 2.73 bits per heavy atom. The fourth-order valence-corrected chi connectivity index (χ4v) is 1.67. The highest BCUT2D eigenvalue weighted by Gasteiger charge is 1.89. The summed E-state index contributed by atoms with van der Waals surface area (Å²) in [6, 6.07) is 4.14. The Labute approximate surface area is 72.2 Å². The van der Waals surface area contributed by atoms with Gasteiger partial charge in [0.25, 0.3) is 0 Å². The van der Waals surface area contributed by atoms with E-state index in [4.69, 9.17) is 0 Å². The molecule has 0 aliphatic rings. The van der Waals surface area contributed by atoms with Gasteiger partial charge in [-0.1, -0.05) is 6.92 Å². The Balaban J connectivity index is 2.28. The van der Waals surface area contributed by atoms with Gasteiger partial charge in [0.2, 0.25) is 0 Å². The molecule has 0 saturated carbocycles. The van der Waals surface area contributed by atoms with Gasteiger partial charge in [-0.2, -0.15) is 11.8 Å². The van der Waals surface area contributed by atoms with Crippen LogP contribution in [0.25, 0.3) is 0 Å². The monoisotopic (exact) mass is 167 g/mol. The van der Waals surface area contributed by atoms with E-state index in [1.54, 1.807) is 0 Å². The molecule has 0 spiro atoms. The van der Waals surface area contributed by atoms with E-state index in [-0.39, 0.29) is 0 Å². The van der Waals surface area contributed by atoms with Gasteiger partial charge in [0, 0.05) is 18.1 Å². The topological polar surface area (TPSA) is 12.9 Å². The van der Waals surface area contributed by atoms with Crippen LogP contribution >= 0.6 is 11.8 Å². The van der Waals surface area contributed by atoms with Gasteiger partial charge in [-0.25, -0.2) is 0 Å². The first kappa shape index (κ1) is 8.60. The van der Waals surface area contributed by atoms with E-state index in [9.17, 15) is 0 Å². The van der Waals surface area contributed by atoms with Crippen molar-refractivity contribution in [2.75, 3.05) is 5.75 Å². The lowest BCUT2D eigenvalue weighted by Gasteiger charge is -1.97. The quantitative estimate of drug-likeness (QED) is 0.639. The lowest BCUT2D eigenvalue weighted by molar-refractivity contribution is 1.10. The van der Waals surface area contributed by atoms with Crippen molar-refractivity contribution in [1.82, 2.24) is 4.98 Å². The highest BCUT2D eigenvalue weighted by Crippen LogP contribution is 2.11. The van der Waals surface area contributed by atoms with Gasteiger partial charge in [-0.05, 0) is 29.9 Å². The number of hydrogen-bond donors (Lipinski definition) is 0. The van der Waals surface area contributed by atoms with Crippen molar-refractivity contribution in [2.45, 2.75) is 19.1 Å². The van der Waals surface area contributed by atoms with Crippen LogP contribution in [0.15, 0.2) is 24.5 Å². The summed E-state index contributed by atoms with van der Waals surface area (Å²) in [6.45, 7) is 2.21. The third-order valence-corrected chi connectivity index (χ3v) is 2.60. The molecule has 1 nitrogen and oxygen atoms in total. The van der Waals surface area contributed by atoms with E-state index < -0.39 is 0 Å². The largest absolute Gasteiger partial charge is 0.265 e. The SMILES string of the molecule is CCCSCc1ccncc1. The summed E-state index contributed by atoms with van der Waals surface area (Å²) in [7, 11) is 0. The van der Waals surface area contributed by atoms with Gasteiger partial charge in [-0.15, -0.1) is 0 Å². The highest BCUT2D eigenvalue weighted by molar-refractivity contribution is 7.98. The Bertz CT molecular complexity index is 186. The van der Waals surface area contributed by atoms with Crippen molar-refractivity contribution >= 4 is 11.8 Å². The van der Waals surface area contributed by atoms with E-state index in [0.717, 1.165) is 5.75 Å². The van der Waals surface area contributed by atoms with Gasteiger partial charge < -0.3 is 0 Å². The van der Waals surface area contributed by atoms with E-state index >= 15 is 0 Å². The summed E-state index contributed by atoms with van der Waals surface area (Å²) in [5.41, 5.74) is 1.37. The maximum atomic E-state index is 3.96. The zero-order valence-corrected chi connectivity index (χ0v) is 7.60. The third-order valence-electron chi connectivity index (χ3n) is 1.37. The molecule has 0 aliphatic heterocycles. The Morgan fingerprint density at radius 1 is 1.36 bits per heavy atom. The van der Waals surface area contributed by atoms with Crippen LogP contribution in [0.2, 0.25) is 0 Å². The highest BCUT2D eigenvalue weighted by atomic mass is 32.2. The molecule has 0 aromatic carbocycles. The average Bonchev–Trinajstić information content (AvgIpc) is 2.07. The van der Waals surface area contributed by atoms with Crippen molar-refractivity contribution in [3.8, 4) is 0 Å². The first-order chi connectivity index (χ1) is 5.43. The second-order valence-corrected chi connectivity index (χ2v) is 3.51. The summed E-state index contributed by atoms with van der Waals surface area (Å²) >= 11 is 1.98. The molecule has 2 heteroatoms. The normalized spacial score (nSPS) is 9.91. The predicted molar refractivity (Wildman–Crippen MR) is 50.7 cm³/mol. The van der Waals surface area contributed by atoms with Crippen molar-refractivity contribution in [1.29, 1.82) is 0 Å². The molecule has 1 aromatic heterocycles. The summed E-state index contributed by atoms with van der Waals surface area (Å²) in [5, 5.41) is 0. The van der Waals surface area contributed by atoms with Gasteiger partial charge >= 0.3 is 0 Å². The predicted octanol–water partition coefficient (Wildman–Crippen LogP) is 2.72. The smallest absolute Gasteiger partial charge is 0.0270 e. The molecule has 0 atom stereocenters. The summed E-state index contributed by atoms with van der Waals surface area (Å²) in [6.07, 6.45) is 4.96. The van der Waals surface area contributed by atoms with Crippen LogP contribution in [-0.4, -0.2) is 10.7 Å². The molecule has 0 aliphatic carbocycles. The number of thioether (sulfide) groups is 1.